The van der Waals surface area contributed by atoms with Crippen molar-refractivity contribution < 1.29 is 17.9 Å². The summed E-state index contributed by atoms with van der Waals surface area (Å²) in [7, 11) is -0.931. The van der Waals surface area contributed by atoms with Crippen LogP contribution < -0.4 is 24.8 Å². The molecular weight excluding hydrogens is 458 g/mol. The molecular formula is C24H27N3O4S2. The van der Waals surface area contributed by atoms with Crippen molar-refractivity contribution in [2.75, 3.05) is 29.6 Å². The average molecular weight is 486 g/mol. The fourth-order valence-electron chi connectivity index (χ4n) is 3.06. The maximum atomic E-state index is 13.2. The van der Waals surface area contributed by atoms with Crippen LogP contribution in [0, 0.1) is 0 Å². The number of hydrogen-bond donors (Lipinski definition) is 3. The summed E-state index contributed by atoms with van der Waals surface area (Å²) in [4.78, 5) is -0.00280. The molecule has 33 heavy (non-hydrogen) atoms. The molecule has 0 radical (unpaired) electrons. The van der Waals surface area contributed by atoms with Crippen LogP contribution in [0.25, 0.3) is 0 Å². The van der Waals surface area contributed by atoms with Gasteiger partial charge in [0.1, 0.15) is 16.4 Å². The Morgan fingerprint density at radius 2 is 1.39 bits per heavy atom. The van der Waals surface area contributed by atoms with E-state index in [0.717, 1.165) is 5.69 Å². The number of methoxy groups -OCH3 is 2. The van der Waals surface area contributed by atoms with Gasteiger partial charge in [-0.15, -0.1) is 0 Å². The number of anilines is 3. The Labute approximate surface area is 200 Å². The summed E-state index contributed by atoms with van der Waals surface area (Å²) < 4.78 is 39.3. The Morgan fingerprint density at radius 1 is 0.818 bits per heavy atom. The van der Waals surface area contributed by atoms with Gasteiger partial charge in [0.2, 0.25) is 0 Å². The predicted molar refractivity (Wildman–Crippen MR) is 137 cm³/mol. The van der Waals surface area contributed by atoms with Gasteiger partial charge in [-0.1, -0.05) is 26.0 Å². The lowest BCUT2D eigenvalue weighted by Gasteiger charge is -2.17. The highest BCUT2D eigenvalue weighted by Gasteiger charge is 2.21. The summed E-state index contributed by atoms with van der Waals surface area (Å²) in [5.41, 5.74) is 2.72. The lowest BCUT2D eigenvalue weighted by molar-refractivity contribution is 0.413. The van der Waals surface area contributed by atoms with Gasteiger partial charge in [0.25, 0.3) is 10.0 Å². The number of rotatable bonds is 8. The quantitative estimate of drug-likeness (QED) is 0.366. The van der Waals surface area contributed by atoms with E-state index in [4.69, 9.17) is 21.7 Å². The van der Waals surface area contributed by atoms with Crippen molar-refractivity contribution in [3.05, 3.63) is 72.3 Å². The van der Waals surface area contributed by atoms with Crippen LogP contribution in [0.5, 0.6) is 11.5 Å². The van der Waals surface area contributed by atoms with Gasteiger partial charge >= 0.3 is 0 Å². The maximum Gasteiger partial charge on any atom is 0.264 e. The topological polar surface area (TPSA) is 88.7 Å². The number of sulfonamides is 1. The maximum absolute atomic E-state index is 13.2. The van der Waals surface area contributed by atoms with Gasteiger partial charge in [0.05, 0.1) is 19.9 Å². The van der Waals surface area contributed by atoms with Crippen LogP contribution in [0.1, 0.15) is 25.3 Å². The summed E-state index contributed by atoms with van der Waals surface area (Å²) >= 11 is 5.42. The summed E-state index contributed by atoms with van der Waals surface area (Å²) in [5, 5.41) is 6.33. The number of nitrogens with one attached hydrogen (secondary N) is 3. The molecule has 0 heterocycles. The molecule has 0 amide bonds. The molecule has 3 N–H and O–H groups in total. The molecule has 0 aromatic heterocycles. The van der Waals surface area contributed by atoms with Crippen molar-refractivity contribution in [1.82, 2.24) is 0 Å². The third-order valence-corrected chi connectivity index (χ3v) is 6.53. The fraction of sp³-hybridized carbons (Fsp3) is 0.208. The lowest BCUT2D eigenvalue weighted by atomic mass is 10.0. The molecule has 3 rings (SSSR count). The highest BCUT2D eigenvalue weighted by molar-refractivity contribution is 7.93. The molecule has 3 aromatic rings. The second-order valence-electron chi connectivity index (χ2n) is 7.55. The first kappa shape index (κ1) is 24.3. The Kier molecular flexibility index (Phi) is 7.78. The van der Waals surface area contributed by atoms with E-state index < -0.39 is 10.0 Å². The number of hydrogen-bond acceptors (Lipinski definition) is 5. The first-order valence-electron chi connectivity index (χ1n) is 10.2. The second kappa shape index (κ2) is 10.5. The highest BCUT2D eigenvalue weighted by atomic mass is 32.2. The van der Waals surface area contributed by atoms with E-state index in [0.29, 0.717) is 28.8 Å². The van der Waals surface area contributed by atoms with Gasteiger partial charge < -0.3 is 20.1 Å². The molecule has 0 spiro atoms. The van der Waals surface area contributed by atoms with Crippen LogP contribution in [0.15, 0.2) is 71.6 Å². The van der Waals surface area contributed by atoms with E-state index in [1.54, 1.807) is 43.5 Å². The monoisotopic (exact) mass is 485 g/mol. The Bertz CT molecular complexity index is 1210. The smallest absolute Gasteiger partial charge is 0.264 e. The van der Waals surface area contributed by atoms with Crippen molar-refractivity contribution in [3.8, 4) is 11.5 Å². The first-order valence-corrected chi connectivity index (χ1v) is 12.1. The molecule has 0 aliphatic rings. The van der Waals surface area contributed by atoms with Crippen molar-refractivity contribution in [2.24, 2.45) is 0 Å². The average Bonchev–Trinajstić information content (AvgIpc) is 2.79. The third kappa shape index (κ3) is 6.36. The largest absolute Gasteiger partial charge is 0.497 e. The zero-order chi connectivity index (χ0) is 24.0. The number of thiocarbonyl (C=S) groups is 1. The third-order valence-electron chi connectivity index (χ3n) is 4.90. The first-order chi connectivity index (χ1) is 15.7. The lowest BCUT2D eigenvalue weighted by Crippen LogP contribution is -2.22. The normalized spacial score (nSPS) is 11.1. The van der Waals surface area contributed by atoms with E-state index in [9.17, 15) is 8.42 Å². The van der Waals surface area contributed by atoms with Crippen LogP contribution in [0.4, 0.5) is 17.1 Å². The zero-order valence-electron chi connectivity index (χ0n) is 18.9. The van der Waals surface area contributed by atoms with Crippen LogP contribution in [-0.4, -0.2) is 27.7 Å². The highest BCUT2D eigenvalue weighted by Crippen LogP contribution is 2.29. The molecule has 174 valence electrons. The molecule has 0 atom stereocenters. The molecule has 0 fully saturated rings. The second-order valence-corrected chi connectivity index (χ2v) is 9.61. The molecule has 0 saturated heterocycles. The van der Waals surface area contributed by atoms with Gasteiger partial charge in [-0.05, 0) is 72.2 Å². The summed E-state index contributed by atoms with van der Waals surface area (Å²) in [6.07, 6.45) is 0. The minimum atomic E-state index is -3.95. The predicted octanol–water partition coefficient (Wildman–Crippen LogP) is 5.44. The van der Waals surface area contributed by atoms with E-state index >= 15 is 0 Å². The molecule has 0 aliphatic carbocycles. The zero-order valence-corrected chi connectivity index (χ0v) is 20.5. The fourth-order valence-corrected chi connectivity index (χ4v) is 4.52. The Balaban J connectivity index is 1.82. The van der Waals surface area contributed by atoms with E-state index in [2.05, 4.69) is 29.2 Å². The minimum Gasteiger partial charge on any atom is -0.497 e. The van der Waals surface area contributed by atoms with Crippen LogP contribution >= 0.6 is 12.2 Å². The Morgan fingerprint density at radius 3 is 1.97 bits per heavy atom. The molecule has 9 heteroatoms. The molecule has 0 saturated carbocycles. The van der Waals surface area contributed by atoms with E-state index in [-0.39, 0.29) is 10.0 Å². The van der Waals surface area contributed by atoms with Crippen LogP contribution in [0.2, 0.25) is 0 Å². The van der Waals surface area contributed by atoms with Gasteiger partial charge in [0, 0.05) is 17.4 Å². The number of ether oxygens (including phenoxy) is 2. The van der Waals surface area contributed by atoms with Gasteiger partial charge in [-0.2, -0.15) is 0 Å². The summed E-state index contributed by atoms with van der Waals surface area (Å²) in [6.45, 7) is 4.25. The Hall–Kier alpha value is -3.30. The molecule has 3 aromatic carbocycles. The summed E-state index contributed by atoms with van der Waals surface area (Å²) in [6, 6.07) is 19.2. The van der Waals surface area contributed by atoms with Gasteiger partial charge in [-0.3, -0.25) is 4.72 Å². The van der Waals surface area contributed by atoms with Crippen LogP contribution in [0.3, 0.4) is 0 Å². The molecule has 0 unspecified atom stereocenters. The van der Waals surface area contributed by atoms with Crippen LogP contribution in [-0.2, 0) is 10.0 Å². The van der Waals surface area contributed by atoms with E-state index in [1.807, 2.05) is 24.3 Å². The summed E-state index contributed by atoms with van der Waals surface area (Å²) in [5.74, 6) is 1.45. The van der Waals surface area contributed by atoms with Gasteiger partial charge in [0.15, 0.2) is 5.11 Å². The van der Waals surface area contributed by atoms with Crippen molar-refractivity contribution in [2.45, 2.75) is 24.7 Å². The van der Waals surface area contributed by atoms with E-state index in [1.165, 1.54) is 18.7 Å². The van der Waals surface area contributed by atoms with Crippen molar-refractivity contribution >= 4 is 44.4 Å². The number of benzene rings is 3. The van der Waals surface area contributed by atoms with Gasteiger partial charge in [-0.25, -0.2) is 8.42 Å². The standard InChI is InChI=1S/C24H27N3O4S2/c1-16(2)17-5-7-18(8-6-17)25-24(32)26-22-14-13-21(31-4)15-23(22)33(28,29)27-19-9-11-20(30-3)12-10-19/h5-16,27H,1-4H3,(H2,25,26,32). The minimum absolute atomic E-state index is 0.00280. The molecule has 0 aliphatic heterocycles. The molecule has 7 nitrogen and oxygen atoms in total. The molecule has 0 bridgehead atoms. The van der Waals surface area contributed by atoms with Crippen molar-refractivity contribution in [3.63, 3.8) is 0 Å². The SMILES string of the molecule is COc1ccc(NS(=O)(=O)c2cc(OC)ccc2NC(=S)Nc2ccc(C(C)C)cc2)cc1. The van der Waals surface area contributed by atoms with Crippen molar-refractivity contribution in [1.29, 1.82) is 0 Å².